The number of nitrogens with zero attached hydrogens (tertiary/aromatic N) is 3. The van der Waals surface area contributed by atoms with Crippen LogP contribution in [0.1, 0.15) is 37.7 Å². The molecule has 1 aromatic carbocycles. The van der Waals surface area contributed by atoms with Crippen molar-refractivity contribution < 1.29 is 13.2 Å². The van der Waals surface area contributed by atoms with Crippen LogP contribution in [0.25, 0.3) is 0 Å². The highest BCUT2D eigenvalue weighted by Crippen LogP contribution is 2.23. The minimum absolute atomic E-state index is 0.316. The van der Waals surface area contributed by atoms with Crippen molar-refractivity contribution in [2.75, 3.05) is 33.7 Å². The van der Waals surface area contributed by atoms with E-state index in [2.05, 4.69) is 9.80 Å². The number of benzene rings is 1. The van der Waals surface area contributed by atoms with Crippen LogP contribution in [0.3, 0.4) is 0 Å². The van der Waals surface area contributed by atoms with E-state index in [1.54, 1.807) is 26.2 Å². The van der Waals surface area contributed by atoms with Gasteiger partial charge in [-0.25, -0.2) is 12.7 Å². The SMILES string of the molecule is CN(C)S(=O)(=O)c1cccc(CN2CCC(N3CCCCC3=O)CC2)c1. The molecule has 0 atom stereocenters. The molecular weight excluding hydrogens is 350 g/mol. The number of carbonyl (C=O) groups is 1. The average Bonchev–Trinajstić information content (AvgIpc) is 2.63. The highest BCUT2D eigenvalue weighted by atomic mass is 32.2. The molecule has 2 saturated heterocycles. The lowest BCUT2D eigenvalue weighted by Crippen LogP contribution is -2.48. The summed E-state index contributed by atoms with van der Waals surface area (Å²) in [5, 5.41) is 0. The molecule has 0 unspecified atom stereocenters. The minimum atomic E-state index is -3.40. The van der Waals surface area contributed by atoms with Crippen molar-refractivity contribution in [2.24, 2.45) is 0 Å². The van der Waals surface area contributed by atoms with Crippen molar-refractivity contribution in [2.45, 2.75) is 49.6 Å². The van der Waals surface area contributed by atoms with Gasteiger partial charge in [0, 0.05) is 52.7 Å². The second-order valence-corrected chi connectivity index (χ2v) is 9.64. The van der Waals surface area contributed by atoms with E-state index in [-0.39, 0.29) is 0 Å². The molecule has 0 aromatic heterocycles. The molecule has 3 rings (SSSR count). The van der Waals surface area contributed by atoms with Crippen LogP contribution < -0.4 is 0 Å². The third-order valence-corrected chi connectivity index (χ3v) is 7.25. The maximum Gasteiger partial charge on any atom is 0.242 e. The summed E-state index contributed by atoms with van der Waals surface area (Å²) >= 11 is 0. The summed E-state index contributed by atoms with van der Waals surface area (Å²) in [6.07, 6.45) is 4.86. The zero-order valence-electron chi connectivity index (χ0n) is 15.7. The molecule has 0 bridgehead atoms. The van der Waals surface area contributed by atoms with Crippen LogP contribution in [0.2, 0.25) is 0 Å². The van der Waals surface area contributed by atoms with Gasteiger partial charge in [-0.3, -0.25) is 9.69 Å². The van der Waals surface area contributed by atoms with Crippen LogP contribution in [0.5, 0.6) is 0 Å². The Balaban J connectivity index is 1.59. The molecule has 6 nitrogen and oxygen atoms in total. The van der Waals surface area contributed by atoms with Gasteiger partial charge < -0.3 is 4.90 Å². The lowest BCUT2D eigenvalue weighted by molar-refractivity contribution is -0.136. The fourth-order valence-corrected chi connectivity index (χ4v) is 4.85. The van der Waals surface area contributed by atoms with Gasteiger partial charge in [0.05, 0.1) is 4.90 Å². The van der Waals surface area contributed by atoms with Crippen LogP contribution in [0, 0.1) is 0 Å². The van der Waals surface area contributed by atoms with Crippen LogP contribution in [0.4, 0.5) is 0 Å². The molecule has 2 aliphatic heterocycles. The second kappa shape index (κ2) is 8.06. The quantitative estimate of drug-likeness (QED) is 0.784. The Hall–Kier alpha value is -1.44. The van der Waals surface area contributed by atoms with Crippen molar-refractivity contribution in [1.82, 2.24) is 14.1 Å². The summed E-state index contributed by atoms with van der Waals surface area (Å²) in [5.41, 5.74) is 1.01. The normalized spacial score (nSPS) is 20.7. The predicted molar refractivity (Wildman–Crippen MR) is 101 cm³/mol. The first-order valence-corrected chi connectivity index (χ1v) is 10.9. The second-order valence-electron chi connectivity index (χ2n) is 7.49. The van der Waals surface area contributed by atoms with E-state index in [1.807, 2.05) is 12.1 Å². The summed E-state index contributed by atoms with van der Waals surface area (Å²) in [5.74, 6) is 0.316. The predicted octanol–water partition coefficient (Wildman–Crippen LogP) is 1.91. The van der Waals surface area contributed by atoms with Crippen molar-refractivity contribution >= 4 is 15.9 Å². The Morgan fingerprint density at radius 1 is 1.12 bits per heavy atom. The molecule has 2 heterocycles. The first-order valence-electron chi connectivity index (χ1n) is 9.41. The number of rotatable bonds is 5. The van der Waals surface area contributed by atoms with Gasteiger partial charge >= 0.3 is 0 Å². The number of hydrogen-bond donors (Lipinski definition) is 0. The smallest absolute Gasteiger partial charge is 0.242 e. The van der Waals surface area contributed by atoms with Crippen molar-refractivity contribution in [3.05, 3.63) is 29.8 Å². The Kier molecular flexibility index (Phi) is 5.99. The van der Waals surface area contributed by atoms with Gasteiger partial charge in [-0.1, -0.05) is 12.1 Å². The molecular formula is C19H29N3O3S. The molecule has 1 amide bonds. The van der Waals surface area contributed by atoms with Crippen LogP contribution in [0.15, 0.2) is 29.2 Å². The molecule has 0 radical (unpaired) electrons. The van der Waals surface area contributed by atoms with E-state index in [0.717, 1.165) is 57.4 Å². The Bertz CT molecular complexity index is 740. The van der Waals surface area contributed by atoms with E-state index in [4.69, 9.17) is 0 Å². The van der Waals surface area contributed by atoms with Gasteiger partial charge in [-0.2, -0.15) is 0 Å². The number of piperidine rings is 2. The van der Waals surface area contributed by atoms with Gasteiger partial charge in [0.1, 0.15) is 0 Å². The van der Waals surface area contributed by atoms with Gasteiger partial charge in [0.2, 0.25) is 15.9 Å². The van der Waals surface area contributed by atoms with Gasteiger partial charge in [0.25, 0.3) is 0 Å². The summed E-state index contributed by atoms with van der Waals surface area (Å²) in [6, 6.07) is 7.59. The molecule has 7 heteroatoms. The lowest BCUT2D eigenvalue weighted by Gasteiger charge is -2.40. The molecule has 0 aliphatic carbocycles. The molecule has 0 saturated carbocycles. The number of amides is 1. The van der Waals surface area contributed by atoms with E-state index in [1.165, 1.54) is 4.31 Å². The van der Waals surface area contributed by atoms with Crippen LogP contribution in [-0.2, 0) is 21.4 Å². The minimum Gasteiger partial charge on any atom is -0.340 e. The highest BCUT2D eigenvalue weighted by Gasteiger charge is 2.29. The number of sulfonamides is 1. The van der Waals surface area contributed by atoms with Crippen LogP contribution in [-0.4, -0.2) is 68.2 Å². The van der Waals surface area contributed by atoms with Gasteiger partial charge in [0.15, 0.2) is 0 Å². The van der Waals surface area contributed by atoms with Gasteiger partial charge in [-0.15, -0.1) is 0 Å². The van der Waals surface area contributed by atoms with E-state index in [0.29, 0.717) is 23.3 Å². The maximum absolute atomic E-state index is 12.3. The van der Waals surface area contributed by atoms with E-state index < -0.39 is 10.0 Å². The molecule has 1 aromatic rings. The third kappa shape index (κ3) is 4.27. The largest absolute Gasteiger partial charge is 0.340 e. The molecule has 0 spiro atoms. The summed E-state index contributed by atoms with van der Waals surface area (Å²) in [7, 11) is -0.298. The Morgan fingerprint density at radius 3 is 2.50 bits per heavy atom. The number of likely N-dealkylation sites (tertiary alicyclic amines) is 2. The van der Waals surface area contributed by atoms with E-state index in [9.17, 15) is 13.2 Å². The van der Waals surface area contributed by atoms with Crippen molar-refractivity contribution in [3.63, 3.8) is 0 Å². The highest BCUT2D eigenvalue weighted by molar-refractivity contribution is 7.89. The van der Waals surface area contributed by atoms with E-state index >= 15 is 0 Å². The first kappa shape index (κ1) is 19.3. The topological polar surface area (TPSA) is 60.9 Å². The average molecular weight is 380 g/mol. The maximum atomic E-state index is 12.3. The van der Waals surface area contributed by atoms with Crippen LogP contribution >= 0.6 is 0 Å². The standard InChI is InChI=1S/C19H29N3O3S/c1-20(2)26(24,25)18-7-5-6-16(14-18)15-21-12-9-17(10-13-21)22-11-4-3-8-19(22)23/h5-7,14,17H,3-4,8-13,15H2,1-2H3. The van der Waals surface area contributed by atoms with Crippen molar-refractivity contribution in [3.8, 4) is 0 Å². The fraction of sp³-hybridized carbons (Fsp3) is 0.632. The molecule has 0 N–H and O–H groups in total. The fourth-order valence-electron chi connectivity index (χ4n) is 3.88. The summed E-state index contributed by atoms with van der Waals surface area (Å²) in [4.78, 5) is 16.9. The summed E-state index contributed by atoms with van der Waals surface area (Å²) in [6.45, 7) is 3.55. The van der Waals surface area contributed by atoms with Crippen molar-refractivity contribution in [1.29, 1.82) is 0 Å². The molecule has 26 heavy (non-hydrogen) atoms. The third-order valence-electron chi connectivity index (χ3n) is 5.44. The molecule has 144 valence electrons. The van der Waals surface area contributed by atoms with Gasteiger partial charge in [-0.05, 0) is 43.4 Å². The number of carbonyl (C=O) groups excluding carboxylic acids is 1. The Labute approximate surface area is 156 Å². The Morgan fingerprint density at radius 2 is 1.85 bits per heavy atom. The monoisotopic (exact) mass is 379 g/mol. The zero-order chi connectivity index (χ0) is 18.7. The summed E-state index contributed by atoms with van der Waals surface area (Å²) < 4.78 is 25.8. The molecule has 2 aliphatic rings. The number of hydrogen-bond acceptors (Lipinski definition) is 4. The molecule has 2 fully saturated rings. The first-order chi connectivity index (χ1) is 12.4. The zero-order valence-corrected chi connectivity index (χ0v) is 16.5. The lowest BCUT2D eigenvalue weighted by atomic mass is 9.99.